The lowest BCUT2D eigenvalue weighted by molar-refractivity contribution is -0.117. The second kappa shape index (κ2) is 12.4. The van der Waals surface area contributed by atoms with Crippen LogP contribution < -0.4 is 9.47 Å². The highest BCUT2D eigenvalue weighted by molar-refractivity contribution is 6.35. The van der Waals surface area contributed by atoms with Gasteiger partial charge in [0.15, 0.2) is 23.1 Å². The van der Waals surface area contributed by atoms with Crippen LogP contribution in [0.4, 0.5) is 0 Å². The lowest BCUT2D eigenvalue weighted by atomic mass is 9.71. The molecule has 0 unspecified atom stereocenters. The first-order valence-electron chi connectivity index (χ1n) is 14.6. The van der Waals surface area contributed by atoms with Gasteiger partial charge in [0, 0.05) is 63.5 Å². The standard InChI is InChI=1S/C35H33Cl2NO4/c1-2-41-32-18-23(15-17-31(32)42-21-24-14-16-25(36)19-26(24)37)33-34-27(10-6-12-29(34)39)38(20-22-8-4-3-5-9-22)28-11-7-13-30(40)35(28)33/h3-5,8-9,14-19,33H,2,6-7,10-13,20-21H2,1H3. The first-order valence-corrected chi connectivity index (χ1v) is 15.4. The zero-order valence-electron chi connectivity index (χ0n) is 23.6. The minimum absolute atomic E-state index is 0.125. The number of nitrogens with zero attached hydrogens (tertiary/aromatic N) is 1. The molecule has 0 saturated heterocycles. The zero-order valence-corrected chi connectivity index (χ0v) is 25.1. The number of hydrogen-bond donors (Lipinski definition) is 0. The quantitative estimate of drug-likeness (QED) is 0.259. The fourth-order valence-corrected chi connectivity index (χ4v) is 6.86. The Kier molecular flexibility index (Phi) is 8.41. The highest BCUT2D eigenvalue weighted by Crippen LogP contribution is 2.50. The highest BCUT2D eigenvalue weighted by Gasteiger charge is 2.43. The van der Waals surface area contributed by atoms with Crippen LogP contribution in [0.1, 0.15) is 68.1 Å². The van der Waals surface area contributed by atoms with Gasteiger partial charge in [-0.3, -0.25) is 9.59 Å². The summed E-state index contributed by atoms with van der Waals surface area (Å²) in [6.07, 6.45) is 4.25. The zero-order chi connectivity index (χ0) is 29.2. The molecule has 0 bridgehead atoms. The summed E-state index contributed by atoms with van der Waals surface area (Å²) in [6, 6.07) is 21.4. The summed E-state index contributed by atoms with van der Waals surface area (Å²) in [7, 11) is 0. The van der Waals surface area contributed by atoms with E-state index in [1.165, 1.54) is 0 Å². The summed E-state index contributed by atoms with van der Waals surface area (Å²) >= 11 is 12.4. The van der Waals surface area contributed by atoms with Gasteiger partial charge in [-0.2, -0.15) is 0 Å². The number of benzene rings is 3. The van der Waals surface area contributed by atoms with Gasteiger partial charge in [-0.05, 0) is 68.0 Å². The van der Waals surface area contributed by atoms with Gasteiger partial charge in [-0.1, -0.05) is 65.7 Å². The molecule has 2 aliphatic carbocycles. The van der Waals surface area contributed by atoms with E-state index in [1.807, 2.05) is 49.4 Å². The third kappa shape index (κ3) is 5.60. The minimum Gasteiger partial charge on any atom is -0.490 e. The summed E-state index contributed by atoms with van der Waals surface area (Å²) in [5.41, 5.74) is 6.48. The lowest BCUT2D eigenvalue weighted by Crippen LogP contribution is -2.38. The first-order chi connectivity index (χ1) is 20.4. The average Bonchev–Trinajstić information content (AvgIpc) is 2.98. The van der Waals surface area contributed by atoms with E-state index < -0.39 is 5.92 Å². The minimum atomic E-state index is -0.415. The Morgan fingerprint density at radius 1 is 0.786 bits per heavy atom. The Morgan fingerprint density at radius 3 is 2.12 bits per heavy atom. The van der Waals surface area contributed by atoms with Gasteiger partial charge >= 0.3 is 0 Å². The molecule has 0 atom stereocenters. The molecule has 5 nitrogen and oxygen atoms in total. The molecule has 42 heavy (non-hydrogen) atoms. The van der Waals surface area contributed by atoms with E-state index in [4.69, 9.17) is 32.7 Å². The number of ether oxygens (including phenoxy) is 2. The van der Waals surface area contributed by atoms with Crippen LogP contribution in [0, 0.1) is 0 Å². The average molecular weight is 603 g/mol. The van der Waals surface area contributed by atoms with Crippen molar-refractivity contribution >= 4 is 34.8 Å². The van der Waals surface area contributed by atoms with Crippen molar-refractivity contribution in [1.29, 1.82) is 0 Å². The van der Waals surface area contributed by atoms with Gasteiger partial charge in [0.05, 0.1) is 6.61 Å². The molecule has 3 aromatic rings. The Hall–Kier alpha value is -3.54. The Balaban J connectivity index is 1.41. The largest absolute Gasteiger partial charge is 0.490 e. The Morgan fingerprint density at radius 2 is 1.48 bits per heavy atom. The van der Waals surface area contributed by atoms with Gasteiger partial charge in [-0.25, -0.2) is 0 Å². The Labute approximate surface area is 256 Å². The highest BCUT2D eigenvalue weighted by atomic mass is 35.5. The smallest absolute Gasteiger partial charge is 0.161 e. The van der Waals surface area contributed by atoms with Crippen LogP contribution in [0.25, 0.3) is 0 Å². The van der Waals surface area contributed by atoms with Crippen LogP contribution >= 0.6 is 23.2 Å². The van der Waals surface area contributed by atoms with Gasteiger partial charge in [0.1, 0.15) is 6.61 Å². The number of Topliss-reactive ketones (excluding diaryl/α,β-unsaturated/α-hetero) is 2. The molecule has 0 aromatic heterocycles. The fraction of sp³-hybridized carbons (Fsp3) is 0.314. The topological polar surface area (TPSA) is 55.8 Å². The van der Waals surface area contributed by atoms with Crippen LogP contribution in [0.5, 0.6) is 11.5 Å². The van der Waals surface area contributed by atoms with Gasteiger partial charge in [0.25, 0.3) is 0 Å². The van der Waals surface area contributed by atoms with Crippen LogP contribution in [-0.2, 0) is 22.7 Å². The maximum atomic E-state index is 13.7. The van der Waals surface area contributed by atoms with Gasteiger partial charge < -0.3 is 14.4 Å². The number of allylic oxidation sites excluding steroid dienone is 4. The molecule has 0 amide bonds. The summed E-state index contributed by atoms with van der Waals surface area (Å²) < 4.78 is 12.2. The van der Waals surface area contributed by atoms with E-state index in [1.54, 1.807) is 12.1 Å². The number of carbonyl (C=O) groups is 2. The maximum Gasteiger partial charge on any atom is 0.161 e. The van der Waals surface area contributed by atoms with Crippen molar-refractivity contribution in [2.24, 2.45) is 0 Å². The molecule has 0 N–H and O–H groups in total. The summed E-state index contributed by atoms with van der Waals surface area (Å²) in [5, 5.41) is 1.10. The summed E-state index contributed by atoms with van der Waals surface area (Å²) in [6.45, 7) is 3.26. The second-order valence-corrected chi connectivity index (χ2v) is 11.8. The molecule has 7 heteroatoms. The predicted molar refractivity (Wildman–Crippen MR) is 165 cm³/mol. The summed E-state index contributed by atoms with van der Waals surface area (Å²) in [4.78, 5) is 29.7. The van der Waals surface area contributed by atoms with E-state index >= 15 is 0 Å². The molecule has 3 aromatic carbocycles. The monoisotopic (exact) mass is 601 g/mol. The molecule has 1 aliphatic heterocycles. The number of ketones is 2. The molecule has 0 radical (unpaired) electrons. The first kappa shape index (κ1) is 28.6. The fourth-order valence-electron chi connectivity index (χ4n) is 6.39. The normalized spacial score (nSPS) is 17.4. The van der Waals surface area contributed by atoms with Crippen LogP contribution in [0.3, 0.4) is 0 Å². The lowest BCUT2D eigenvalue weighted by Gasteiger charge is -2.44. The third-order valence-electron chi connectivity index (χ3n) is 8.27. The number of carbonyl (C=O) groups excluding carboxylic acids is 2. The van der Waals surface area contributed by atoms with E-state index in [0.29, 0.717) is 47.5 Å². The summed E-state index contributed by atoms with van der Waals surface area (Å²) in [5.74, 6) is 0.977. The van der Waals surface area contributed by atoms with E-state index in [-0.39, 0.29) is 18.2 Å². The molecule has 3 aliphatic rings. The molecule has 6 rings (SSSR count). The molecular weight excluding hydrogens is 569 g/mol. The number of hydrogen-bond acceptors (Lipinski definition) is 5. The molecule has 0 spiro atoms. The van der Waals surface area contributed by atoms with Crippen molar-refractivity contribution in [3.05, 3.63) is 116 Å². The SMILES string of the molecule is CCOc1cc(C2C3=C(CCCC3=O)N(Cc3ccccc3)C3=C2C(=O)CCC3)ccc1OCc1ccc(Cl)cc1Cl. The molecule has 216 valence electrons. The van der Waals surface area contributed by atoms with Crippen molar-refractivity contribution in [2.45, 2.75) is 64.5 Å². The predicted octanol–water partition coefficient (Wildman–Crippen LogP) is 8.58. The third-order valence-corrected chi connectivity index (χ3v) is 8.86. The van der Waals surface area contributed by atoms with E-state index in [0.717, 1.165) is 64.9 Å². The van der Waals surface area contributed by atoms with Gasteiger partial charge in [0.2, 0.25) is 0 Å². The van der Waals surface area contributed by atoms with Crippen molar-refractivity contribution in [3.63, 3.8) is 0 Å². The van der Waals surface area contributed by atoms with Crippen molar-refractivity contribution in [1.82, 2.24) is 4.90 Å². The number of rotatable bonds is 8. The van der Waals surface area contributed by atoms with Crippen molar-refractivity contribution < 1.29 is 19.1 Å². The molecule has 1 heterocycles. The Bertz CT molecular complexity index is 1550. The van der Waals surface area contributed by atoms with Crippen LogP contribution in [-0.4, -0.2) is 23.1 Å². The van der Waals surface area contributed by atoms with Crippen molar-refractivity contribution in [2.75, 3.05) is 6.61 Å². The molecule has 0 saturated carbocycles. The van der Waals surface area contributed by atoms with E-state index in [9.17, 15) is 9.59 Å². The van der Waals surface area contributed by atoms with Crippen molar-refractivity contribution in [3.8, 4) is 11.5 Å². The van der Waals surface area contributed by atoms with Crippen LogP contribution in [0.2, 0.25) is 10.0 Å². The molecule has 0 fully saturated rings. The van der Waals surface area contributed by atoms with E-state index in [2.05, 4.69) is 17.0 Å². The maximum absolute atomic E-state index is 13.7. The molecular formula is C35H33Cl2NO4. The number of halogens is 2. The van der Waals surface area contributed by atoms with Crippen LogP contribution in [0.15, 0.2) is 89.3 Å². The second-order valence-electron chi connectivity index (χ2n) is 10.9. The van der Waals surface area contributed by atoms with Gasteiger partial charge in [-0.15, -0.1) is 0 Å².